The second-order valence-electron chi connectivity index (χ2n) is 5.97. The number of hydrogen-bond acceptors (Lipinski definition) is 3. The summed E-state index contributed by atoms with van der Waals surface area (Å²) in [5.41, 5.74) is 2.73. The van der Waals surface area contributed by atoms with Crippen LogP contribution in [-0.4, -0.2) is 12.9 Å². The van der Waals surface area contributed by atoms with Gasteiger partial charge in [-0.3, -0.25) is 4.79 Å². The zero-order chi connectivity index (χ0) is 18.4. The molecule has 0 spiro atoms. The summed E-state index contributed by atoms with van der Waals surface area (Å²) in [7, 11) is 1.62. The quantitative estimate of drug-likeness (QED) is 0.494. The SMILES string of the molecule is COc1ccc(C(=O)C[C@H](Nc2cccc(Br)c2)c2ccccc2)cc1. The van der Waals surface area contributed by atoms with E-state index in [4.69, 9.17) is 4.74 Å². The number of ether oxygens (including phenoxy) is 1. The largest absolute Gasteiger partial charge is 0.497 e. The molecule has 26 heavy (non-hydrogen) atoms. The molecule has 3 aromatic rings. The zero-order valence-electron chi connectivity index (χ0n) is 14.5. The summed E-state index contributed by atoms with van der Waals surface area (Å²) >= 11 is 3.49. The van der Waals surface area contributed by atoms with Crippen LogP contribution in [0.4, 0.5) is 5.69 Å². The van der Waals surface area contributed by atoms with E-state index in [9.17, 15) is 4.79 Å². The Bertz CT molecular complexity index is 863. The molecule has 1 N–H and O–H groups in total. The van der Waals surface area contributed by atoms with Gasteiger partial charge in [-0.15, -0.1) is 0 Å². The molecule has 0 heterocycles. The zero-order valence-corrected chi connectivity index (χ0v) is 16.1. The first kappa shape index (κ1) is 18.2. The van der Waals surface area contributed by atoms with Gasteiger partial charge in [0, 0.05) is 22.1 Å². The number of Topliss-reactive ketones (excluding diaryl/α,β-unsaturated/α-hetero) is 1. The van der Waals surface area contributed by atoms with Crippen LogP contribution in [0.25, 0.3) is 0 Å². The summed E-state index contributed by atoms with van der Waals surface area (Å²) in [6.45, 7) is 0. The first-order valence-electron chi connectivity index (χ1n) is 8.40. The van der Waals surface area contributed by atoms with Crippen molar-refractivity contribution in [1.29, 1.82) is 0 Å². The molecule has 3 rings (SSSR count). The van der Waals surface area contributed by atoms with Crippen molar-refractivity contribution < 1.29 is 9.53 Å². The lowest BCUT2D eigenvalue weighted by atomic mass is 9.97. The van der Waals surface area contributed by atoms with Gasteiger partial charge < -0.3 is 10.1 Å². The van der Waals surface area contributed by atoms with Gasteiger partial charge in [0.2, 0.25) is 0 Å². The van der Waals surface area contributed by atoms with E-state index in [-0.39, 0.29) is 11.8 Å². The van der Waals surface area contributed by atoms with Crippen molar-refractivity contribution in [1.82, 2.24) is 0 Å². The fraction of sp³-hybridized carbons (Fsp3) is 0.136. The van der Waals surface area contributed by atoms with Crippen LogP contribution in [0.5, 0.6) is 5.75 Å². The smallest absolute Gasteiger partial charge is 0.165 e. The number of halogens is 1. The number of nitrogens with one attached hydrogen (secondary N) is 1. The minimum absolute atomic E-state index is 0.0870. The molecule has 0 fully saturated rings. The predicted molar refractivity (Wildman–Crippen MR) is 109 cm³/mol. The topological polar surface area (TPSA) is 38.3 Å². The van der Waals surface area contributed by atoms with Crippen molar-refractivity contribution >= 4 is 27.4 Å². The van der Waals surface area contributed by atoms with E-state index in [2.05, 4.69) is 21.2 Å². The number of anilines is 1. The van der Waals surface area contributed by atoms with Crippen LogP contribution in [0.2, 0.25) is 0 Å². The maximum Gasteiger partial charge on any atom is 0.165 e. The molecule has 0 aliphatic carbocycles. The van der Waals surface area contributed by atoms with Gasteiger partial charge in [0.1, 0.15) is 5.75 Å². The van der Waals surface area contributed by atoms with E-state index in [0.717, 1.165) is 21.5 Å². The number of ketones is 1. The fourth-order valence-electron chi connectivity index (χ4n) is 2.80. The van der Waals surface area contributed by atoms with E-state index in [1.807, 2.05) is 78.9 Å². The highest BCUT2D eigenvalue weighted by Crippen LogP contribution is 2.26. The average Bonchev–Trinajstić information content (AvgIpc) is 2.68. The van der Waals surface area contributed by atoms with Crippen LogP contribution < -0.4 is 10.1 Å². The van der Waals surface area contributed by atoms with Crippen LogP contribution in [0.3, 0.4) is 0 Å². The van der Waals surface area contributed by atoms with E-state index in [0.29, 0.717) is 12.0 Å². The number of carbonyl (C=O) groups is 1. The highest BCUT2D eigenvalue weighted by Gasteiger charge is 2.17. The first-order chi connectivity index (χ1) is 12.7. The Balaban J connectivity index is 1.82. The molecule has 0 aliphatic rings. The highest BCUT2D eigenvalue weighted by atomic mass is 79.9. The van der Waals surface area contributed by atoms with Crippen molar-refractivity contribution in [3.8, 4) is 5.75 Å². The van der Waals surface area contributed by atoms with Crippen LogP contribution in [0.15, 0.2) is 83.3 Å². The molecule has 3 nitrogen and oxygen atoms in total. The van der Waals surface area contributed by atoms with Crippen molar-refractivity contribution in [2.45, 2.75) is 12.5 Å². The summed E-state index contributed by atoms with van der Waals surface area (Å²) in [4.78, 5) is 12.8. The van der Waals surface area contributed by atoms with E-state index >= 15 is 0 Å². The standard InChI is InChI=1S/C22H20BrNO2/c1-26-20-12-10-17(11-13-20)22(25)15-21(16-6-3-2-4-7-16)24-19-9-5-8-18(23)14-19/h2-14,21,24H,15H2,1H3/t21-/m0/s1. The molecule has 0 aliphatic heterocycles. The second kappa shape index (κ2) is 8.68. The molecule has 4 heteroatoms. The van der Waals surface area contributed by atoms with Gasteiger partial charge in [0.05, 0.1) is 13.2 Å². The maximum atomic E-state index is 12.8. The average molecular weight is 410 g/mol. The molecule has 0 saturated heterocycles. The molecule has 0 amide bonds. The predicted octanol–water partition coefficient (Wildman–Crippen LogP) is 5.88. The Morgan fingerprint density at radius 3 is 2.38 bits per heavy atom. The van der Waals surface area contributed by atoms with Gasteiger partial charge in [-0.1, -0.05) is 52.3 Å². The second-order valence-corrected chi connectivity index (χ2v) is 6.89. The number of hydrogen-bond donors (Lipinski definition) is 1. The Morgan fingerprint density at radius 1 is 1.00 bits per heavy atom. The molecule has 0 radical (unpaired) electrons. The number of methoxy groups -OCH3 is 1. The summed E-state index contributed by atoms with van der Waals surface area (Å²) in [5.74, 6) is 0.831. The number of benzene rings is 3. The molecule has 0 bridgehead atoms. The Kier molecular flexibility index (Phi) is 6.08. The molecule has 132 valence electrons. The van der Waals surface area contributed by atoms with Crippen molar-refractivity contribution in [3.05, 3.63) is 94.5 Å². The normalized spacial score (nSPS) is 11.6. The van der Waals surface area contributed by atoms with Gasteiger partial charge in [0.15, 0.2) is 5.78 Å². The highest BCUT2D eigenvalue weighted by molar-refractivity contribution is 9.10. The van der Waals surface area contributed by atoms with Gasteiger partial charge in [0.25, 0.3) is 0 Å². The number of carbonyl (C=O) groups excluding carboxylic acids is 1. The van der Waals surface area contributed by atoms with E-state index < -0.39 is 0 Å². The summed E-state index contributed by atoms with van der Waals surface area (Å²) in [6, 6.07) is 25.1. The van der Waals surface area contributed by atoms with Crippen LogP contribution in [0.1, 0.15) is 28.4 Å². The van der Waals surface area contributed by atoms with Crippen molar-refractivity contribution in [2.75, 3.05) is 12.4 Å². The minimum atomic E-state index is -0.111. The Morgan fingerprint density at radius 2 is 1.73 bits per heavy atom. The van der Waals surface area contributed by atoms with Gasteiger partial charge >= 0.3 is 0 Å². The Labute approximate surface area is 162 Å². The summed E-state index contributed by atoms with van der Waals surface area (Å²) < 4.78 is 6.16. The fourth-order valence-corrected chi connectivity index (χ4v) is 3.20. The third-order valence-electron chi connectivity index (χ3n) is 4.17. The van der Waals surface area contributed by atoms with E-state index in [1.165, 1.54) is 0 Å². The molecular weight excluding hydrogens is 390 g/mol. The first-order valence-corrected chi connectivity index (χ1v) is 9.19. The monoisotopic (exact) mass is 409 g/mol. The van der Waals surface area contributed by atoms with Crippen molar-refractivity contribution in [2.24, 2.45) is 0 Å². The molecule has 0 aromatic heterocycles. The maximum absolute atomic E-state index is 12.8. The summed E-state index contributed by atoms with van der Waals surface area (Å²) in [6.07, 6.45) is 0.364. The minimum Gasteiger partial charge on any atom is -0.497 e. The third kappa shape index (κ3) is 4.73. The van der Waals surface area contributed by atoms with Crippen LogP contribution in [0, 0.1) is 0 Å². The van der Waals surface area contributed by atoms with Crippen molar-refractivity contribution in [3.63, 3.8) is 0 Å². The third-order valence-corrected chi connectivity index (χ3v) is 4.66. The van der Waals surface area contributed by atoms with E-state index in [1.54, 1.807) is 7.11 Å². The van der Waals surface area contributed by atoms with Gasteiger partial charge in [-0.25, -0.2) is 0 Å². The molecule has 3 aromatic carbocycles. The lowest BCUT2D eigenvalue weighted by Crippen LogP contribution is -2.15. The van der Waals surface area contributed by atoms with Gasteiger partial charge in [-0.2, -0.15) is 0 Å². The summed E-state index contributed by atoms with van der Waals surface area (Å²) in [5, 5.41) is 3.48. The molecular formula is C22H20BrNO2. The van der Waals surface area contributed by atoms with Crippen LogP contribution >= 0.6 is 15.9 Å². The molecule has 0 saturated carbocycles. The molecule has 0 unspecified atom stereocenters. The lowest BCUT2D eigenvalue weighted by Gasteiger charge is -2.20. The number of rotatable bonds is 7. The molecule has 1 atom stereocenters. The van der Waals surface area contributed by atoms with Crippen LogP contribution in [-0.2, 0) is 0 Å². The van der Waals surface area contributed by atoms with Gasteiger partial charge in [-0.05, 0) is 48.0 Å². The lowest BCUT2D eigenvalue weighted by molar-refractivity contribution is 0.0976. The Hall–Kier alpha value is -2.59.